The zero-order valence-electron chi connectivity index (χ0n) is 11.8. The molecule has 2 rings (SSSR count). The largest absolute Gasteiger partial charge is 0.496 e. The number of para-hydroxylation sites is 1. The highest BCUT2D eigenvalue weighted by molar-refractivity contribution is 5.68. The number of nitriles is 1. The average molecular weight is 268 g/mol. The summed E-state index contributed by atoms with van der Waals surface area (Å²) in [7, 11) is 1.60. The van der Waals surface area contributed by atoms with Gasteiger partial charge in [-0.3, -0.25) is 4.79 Å². The smallest absolute Gasteiger partial charge is 0.269 e. The van der Waals surface area contributed by atoms with Crippen molar-refractivity contribution in [2.75, 3.05) is 7.11 Å². The molecule has 4 nitrogen and oxygen atoms in total. The van der Waals surface area contributed by atoms with E-state index in [1.165, 1.54) is 0 Å². The number of hydrogen-bond acceptors (Lipinski definition) is 3. The molecule has 0 saturated heterocycles. The quantitative estimate of drug-likeness (QED) is 0.860. The van der Waals surface area contributed by atoms with E-state index in [-0.39, 0.29) is 17.2 Å². The van der Waals surface area contributed by atoms with Crippen molar-refractivity contribution in [3.63, 3.8) is 0 Å². The van der Waals surface area contributed by atoms with Gasteiger partial charge in [-0.25, -0.2) is 0 Å². The Balaban J connectivity index is 2.79. The predicted octanol–water partition coefficient (Wildman–Crippen LogP) is 2.98. The standard InChI is InChI=1S/C16H16N2O2/c1-11(2)18-14(9-8-12(10-17)16(18)19)13-6-4-5-7-15(13)20-3/h4-9,11H,1-3H3. The summed E-state index contributed by atoms with van der Waals surface area (Å²) < 4.78 is 6.97. The van der Waals surface area contributed by atoms with Gasteiger partial charge in [0.15, 0.2) is 0 Å². The van der Waals surface area contributed by atoms with E-state index in [0.717, 1.165) is 11.3 Å². The van der Waals surface area contributed by atoms with Gasteiger partial charge in [-0.1, -0.05) is 12.1 Å². The molecule has 0 aliphatic rings. The van der Waals surface area contributed by atoms with Gasteiger partial charge in [0, 0.05) is 11.6 Å². The van der Waals surface area contributed by atoms with Crippen LogP contribution in [-0.2, 0) is 0 Å². The number of nitrogens with zero attached hydrogens (tertiary/aromatic N) is 2. The molecule has 0 fully saturated rings. The summed E-state index contributed by atoms with van der Waals surface area (Å²) in [5, 5.41) is 9.00. The number of ether oxygens (including phenoxy) is 1. The third-order valence-electron chi connectivity index (χ3n) is 3.14. The number of rotatable bonds is 3. The van der Waals surface area contributed by atoms with Crippen molar-refractivity contribution in [3.8, 4) is 23.1 Å². The summed E-state index contributed by atoms with van der Waals surface area (Å²) in [6.07, 6.45) is 0. The van der Waals surface area contributed by atoms with E-state index >= 15 is 0 Å². The minimum Gasteiger partial charge on any atom is -0.496 e. The molecule has 0 radical (unpaired) electrons. The molecule has 0 aliphatic heterocycles. The van der Waals surface area contributed by atoms with E-state index in [1.807, 2.05) is 44.2 Å². The van der Waals surface area contributed by atoms with Gasteiger partial charge in [0.25, 0.3) is 5.56 Å². The SMILES string of the molecule is COc1ccccc1-c1ccc(C#N)c(=O)n1C(C)C. The Morgan fingerprint density at radius 3 is 2.50 bits per heavy atom. The topological polar surface area (TPSA) is 55.0 Å². The van der Waals surface area contributed by atoms with Gasteiger partial charge in [0.05, 0.1) is 12.8 Å². The van der Waals surface area contributed by atoms with Gasteiger partial charge < -0.3 is 9.30 Å². The van der Waals surface area contributed by atoms with E-state index in [2.05, 4.69) is 0 Å². The van der Waals surface area contributed by atoms with Crippen LogP contribution in [-0.4, -0.2) is 11.7 Å². The number of methoxy groups -OCH3 is 1. The molecule has 0 aliphatic carbocycles. The molecule has 1 aromatic heterocycles. The summed E-state index contributed by atoms with van der Waals surface area (Å²) in [4.78, 5) is 12.3. The van der Waals surface area contributed by atoms with E-state index in [1.54, 1.807) is 23.8 Å². The molecule has 0 atom stereocenters. The van der Waals surface area contributed by atoms with Crippen LogP contribution in [0.2, 0.25) is 0 Å². The lowest BCUT2D eigenvalue weighted by Gasteiger charge is -2.18. The Hall–Kier alpha value is -2.54. The molecular weight excluding hydrogens is 252 g/mol. The lowest BCUT2D eigenvalue weighted by atomic mass is 10.1. The van der Waals surface area contributed by atoms with Crippen LogP contribution in [0.25, 0.3) is 11.3 Å². The fourth-order valence-corrected chi connectivity index (χ4v) is 2.23. The Labute approximate surface area is 117 Å². The van der Waals surface area contributed by atoms with Crippen LogP contribution in [0.5, 0.6) is 5.75 Å². The Kier molecular flexibility index (Phi) is 3.90. The van der Waals surface area contributed by atoms with Crippen LogP contribution in [0.1, 0.15) is 25.5 Å². The zero-order valence-corrected chi connectivity index (χ0v) is 11.8. The molecule has 102 valence electrons. The molecule has 4 heteroatoms. The molecular formula is C16H16N2O2. The number of pyridine rings is 1. The summed E-state index contributed by atoms with van der Waals surface area (Å²) in [6, 6.07) is 12.8. The lowest BCUT2D eigenvalue weighted by Crippen LogP contribution is -2.25. The van der Waals surface area contributed by atoms with Crippen LogP contribution in [0.3, 0.4) is 0 Å². The highest BCUT2D eigenvalue weighted by atomic mass is 16.5. The first-order valence-electron chi connectivity index (χ1n) is 6.39. The molecule has 0 N–H and O–H groups in total. The Morgan fingerprint density at radius 1 is 1.20 bits per heavy atom. The second-order valence-electron chi connectivity index (χ2n) is 4.71. The van der Waals surface area contributed by atoms with Crippen LogP contribution < -0.4 is 10.3 Å². The van der Waals surface area contributed by atoms with E-state index in [0.29, 0.717) is 5.75 Å². The predicted molar refractivity (Wildman–Crippen MR) is 77.8 cm³/mol. The maximum atomic E-state index is 12.3. The van der Waals surface area contributed by atoms with Crippen molar-refractivity contribution in [2.24, 2.45) is 0 Å². The van der Waals surface area contributed by atoms with Crippen molar-refractivity contribution < 1.29 is 4.74 Å². The Bertz CT molecular complexity index is 724. The van der Waals surface area contributed by atoms with Crippen molar-refractivity contribution in [1.82, 2.24) is 4.57 Å². The lowest BCUT2D eigenvalue weighted by molar-refractivity contribution is 0.415. The Morgan fingerprint density at radius 2 is 1.90 bits per heavy atom. The van der Waals surface area contributed by atoms with Gasteiger partial charge in [-0.15, -0.1) is 0 Å². The second-order valence-corrected chi connectivity index (χ2v) is 4.71. The molecule has 0 amide bonds. The van der Waals surface area contributed by atoms with Gasteiger partial charge in [0.1, 0.15) is 17.4 Å². The summed E-state index contributed by atoms with van der Waals surface area (Å²) in [5.41, 5.74) is 1.47. The highest BCUT2D eigenvalue weighted by Crippen LogP contribution is 2.30. The monoisotopic (exact) mass is 268 g/mol. The van der Waals surface area contributed by atoms with Crippen molar-refractivity contribution in [1.29, 1.82) is 5.26 Å². The fraction of sp³-hybridized carbons (Fsp3) is 0.250. The highest BCUT2D eigenvalue weighted by Gasteiger charge is 2.15. The number of hydrogen-bond donors (Lipinski definition) is 0. The number of benzene rings is 1. The van der Waals surface area contributed by atoms with E-state index < -0.39 is 0 Å². The zero-order chi connectivity index (χ0) is 14.7. The maximum absolute atomic E-state index is 12.3. The molecule has 2 aromatic rings. The minimum atomic E-state index is -0.272. The molecule has 0 unspecified atom stereocenters. The second kappa shape index (κ2) is 5.62. The third kappa shape index (κ3) is 2.30. The molecule has 0 saturated carbocycles. The molecule has 1 heterocycles. The van der Waals surface area contributed by atoms with Crippen LogP contribution in [0, 0.1) is 11.3 Å². The van der Waals surface area contributed by atoms with Crippen molar-refractivity contribution in [2.45, 2.75) is 19.9 Å². The minimum absolute atomic E-state index is 0.0456. The first-order chi connectivity index (χ1) is 9.60. The van der Waals surface area contributed by atoms with E-state index in [9.17, 15) is 4.79 Å². The molecule has 0 bridgehead atoms. The maximum Gasteiger partial charge on any atom is 0.269 e. The van der Waals surface area contributed by atoms with Crippen molar-refractivity contribution >= 4 is 0 Å². The van der Waals surface area contributed by atoms with Gasteiger partial charge >= 0.3 is 0 Å². The fourth-order valence-electron chi connectivity index (χ4n) is 2.23. The van der Waals surface area contributed by atoms with Crippen LogP contribution in [0.4, 0.5) is 0 Å². The van der Waals surface area contributed by atoms with E-state index in [4.69, 9.17) is 10.00 Å². The average Bonchev–Trinajstić information content (AvgIpc) is 2.46. The van der Waals surface area contributed by atoms with Crippen LogP contribution >= 0.6 is 0 Å². The van der Waals surface area contributed by atoms with Gasteiger partial charge in [-0.2, -0.15) is 5.26 Å². The molecule has 20 heavy (non-hydrogen) atoms. The summed E-state index contributed by atoms with van der Waals surface area (Å²) in [6.45, 7) is 3.84. The molecule has 0 spiro atoms. The first kappa shape index (κ1) is 13.9. The normalized spacial score (nSPS) is 10.3. The summed E-state index contributed by atoms with van der Waals surface area (Å²) >= 11 is 0. The van der Waals surface area contributed by atoms with Gasteiger partial charge in [0.2, 0.25) is 0 Å². The first-order valence-corrected chi connectivity index (χ1v) is 6.39. The third-order valence-corrected chi connectivity index (χ3v) is 3.14. The molecule has 1 aromatic carbocycles. The number of aromatic nitrogens is 1. The van der Waals surface area contributed by atoms with Gasteiger partial charge in [-0.05, 0) is 38.1 Å². The van der Waals surface area contributed by atoms with Crippen LogP contribution in [0.15, 0.2) is 41.2 Å². The van der Waals surface area contributed by atoms with Crippen molar-refractivity contribution in [3.05, 3.63) is 52.3 Å². The summed E-state index contributed by atoms with van der Waals surface area (Å²) in [5.74, 6) is 0.700.